The van der Waals surface area contributed by atoms with Crippen LogP contribution in [0.25, 0.3) is 0 Å². The second-order valence-corrected chi connectivity index (χ2v) is 9.90. The molecule has 7 nitrogen and oxygen atoms in total. The number of fused-ring (bicyclic) bond motifs is 1. The van der Waals surface area contributed by atoms with Crippen LogP contribution >= 0.6 is 11.8 Å². The van der Waals surface area contributed by atoms with E-state index >= 15 is 0 Å². The second kappa shape index (κ2) is 11.1. The maximum absolute atomic E-state index is 14.5. The zero-order chi connectivity index (χ0) is 24.9. The molecule has 2 aromatic carbocycles. The Balaban J connectivity index is 1.23. The monoisotopic (exact) mass is 504 g/mol. The van der Waals surface area contributed by atoms with Gasteiger partial charge in [-0.15, -0.1) is 11.8 Å². The molecule has 2 aromatic rings. The van der Waals surface area contributed by atoms with Gasteiger partial charge in [-0.25, -0.2) is 8.78 Å². The quantitative estimate of drug-likeness (QED) is 0.475. The van der Waals surface area contributed by atoms with Crippen molar-refractivity contribution in [3.63, 3.8) is 0 Å². The highest BCUT2D eigenvalue weighted by molar-refractivity contribution is 8.01. The predicted molar refractivity (Wildman–Crippen MR) is 126 cm³/mol. The molecule has 0 aromatic heterocycles. The summed E-state index contributed by atoms with van der Waals surface area (Å²) < 4.78 is 34.7. The molecule has 0 saturated heterocycles. The number of amides is 2. The largest absolute Gasteiger partial charge is 0.490 e. The number of halogens is 2. The molecule has 1 atom stereocenters. The maximum Gasteiger partial charge on any atom is 0.306 e. The van der Waals surface area contributed by atoms with Crippen LogP contribution in [0.4, 0.5) is 8.78 Å². The van der Waals surface area contributed by atoms with Crippen LogP contribution in [-0.2, 0) is 16.0 Å². The van der Waals surface area contributed by atoms with E-state index in [0.717, 1.165) is 22.6 Å². The summed E-state index contributed by atoms with van der Waals surface area (Å²) in [6.45, 7) is 0.139. The molecule has 0 spiro atoms. The van der Waals surface area contributed by atoms with Gasteiger partial charge in [0, 0.05) is 30.1 Å². The van der Waals surface area contributed by atoms with Gasteiger partial charge in [-0.1, -0.05) is 18.2 Å². The molecule has 1 heterocycles. The summed E-state index contributed by atoms with van der Waals surface area (Å²) in [6, 6.07) is 9.72. The minimum atomic E-state index is -1.05. The highest BCUT2D eigenvalue weighted by atomic mass is 32.2. The highest BCUT2D eigenvalue weighted by Crippen LogP contribution is 2.36. The standard InChI is InChI=1S/C25H26F2N2O5S/c26-18-12-17(34-16-7-5-14(6-8-16)25(32)33)13-19(27)22(18)24(31)29-10-9-28-23(30)21-11-15-3-1-2-4-20(15)35-21/h1-4,12-14,16,21H,5-11H2,(H,28,30)(H,29,31)(H,32,33)/t14-,16+,21?. The van der Waals surface area contributed by atoms with Crippen molar-refractivity contribution in [3.8, 4) is 5.75 Å². The van der Waals surface area contributed by atoms with Crippen LogP contribution in [0, 0.1) is 17.6 Å². The number of carbonyl (C=O) groups excluding carboxylic acids is 2. The van der Waals surface area contributed by atoms with Crippen molar-refractivity contribution < 1.29 is 33.0 Å². The van der Waals surface area contributed by atoms with Gasteiger partial charge in [-0.2, -0.15) is 0 Å². The van der Waals surface area contributed by atoms with Crippen molar-refractivity contribution >= 4 is 29.5 Å². The Labute approximate surface area is 205 Å². The smallest absolute Gasteiger partial charge is 0.306 e. The van der Waals surface area contributed by atoms with Gasteiger partial charge in [0.05, 0.1) is 17.3 Å². The van der Waals surface area contributed by atoms with Crippen LogP contribution in [0.2, 0.25) is 0 Å². The van der Waals surface area contributed by atoms with Crippen molar-refractivity contribution in [2.75, 3.05) is 13.1 Å². The number of hydrogen-bond acceptors (Lipinski definition) is 5. The summed E-state index contributed by atoms with van der Waals surface area (Å²) in [5.41, 5.74) is 0.400. The first-order valence-corrected chi connectivity index (χ1v) is 12.4. The Morgan fingerprint density at radius 3 is 2.31 bits per heavy atom. The number of rotatable bonds is 8. The molecule has 1 unspecified atom stereocenters. The Morgan fingerprint density at radius 2 is 1.66 bits per heavy atom. The van der Waals surface area contributed by atoms with E-state index in [1.807, 2.05) is 24.3 Å². The molecule has 1 saturated carbocycles. The summed E-state index contributed by atoms with van der Waals surface area (Å²) in [4.78, 5) is 36.8. The third kappa shape index (κ3) is 6.11. The second-order valence-electron chi connectivity index (χ2n) is 8.66. The van der Waals surface area contributed by atoms with E-state index in [1.165, 1.54) is 11.8 Å². The summed E-state index contributed by atoms with van der Waals surface area (Å²) >= 11 is 1.49. The number of benzene rings is 2. The van der Waals surface area contributed by atoms with Gasteiger partial charge >= 0.3 is 5.97 Å². The number of carboxylic acids is 1. The Hall–Kier alpha value is -3.14. The molecule has 2 amide bonds. The SMILES string of the molecule is O=C(NCCNC(=O)C1Cc2ccccc2S1)c1c(F)cc(O[C@H]2CC[C@@H](C(=O)O)CC2)cc1F. The summed E-state index contributed by atoms with van der Waals surface area (Å²) in [6.07, 6.45) is 2.12. The lowest BCUT2D eigenvalue weighted by Gasteiger charge is -2.26. The van der Waals surface area contributed by atoms with Gasteiger partial charge in [0.1, 0.15) is 22.9 Å². The van der Waals surface area contributed by atoms with Crippen molar-refractivity contribution in [2.24, 2.45) is 5.92 Å². The van der Waals surface area contributed by atoms with Crippen LogP contribution in [0.1, 0.15) is 41.6 Å². The first kappa shape index (κ1) is 25.0. The molecule has 0 radical (unpaired) electrons. The lowest BCUT2D eigenvalue weighted by molar-refractivity contribution is -0.143. The number of carboxylic acid groups (broad SMARTS) is 1. The van der Waals surface area contributed by atoms with Crippen molar-refractivity contribution in [1.82, 2.24) is 10.6 Å². The minimum absolute atomic E-state index is 0.0128. The van der Waals surface area contributed by atoms with E-state index in [-0.39, 0.29) is 36.1 Å². The van der Waals surface area contributed by atoms with Crippen LogP contribution in [0.5, 0.6) is 5.75 Å². The molecule has 0 bridgehead atoms. The number of ether oxygens (including phenoxy) is 1. The molecule has 186 valence electrons. The number of aliphatic carboxylic acids is 1. The topological polar surface area (TPSA) is 105 Å². The van der Waals surface area contributed by atoms with Crippen LogP contribution in [0.15, 0.2) is 41.3 Å². The van der Waals surface area contributed by atoms with E-state index in [2.05, 4.69) is 10.6 Å². The van der Waals surface area contributed by atoms with E-state index in [4.69, 9.17) is 9.84 Å². The molecule has 10 heteroatoms. The van der Waals surface area contributed by atoms with Gasteiger partial charge in [0.15, 0.2) is 0 Å². The first-order chi connectivity index (χ1) is 16.8. The van der Waals surface area contributed by atoms with Crippen LogP contribution < -0.4 is 15.4 Å². The molecular weight excluding hydrogens is 478 g/mol. The highest BCUT2D eigenvalue weighted by Gasteiger charge is 2.29. The van der Waals surface area contributed by atoms with Crippen LogP contribution in [-0.4, -0.2) is 47.3 Å². The maximum atomic E-state index is 14.5. The number of carbonyl (C=O) groups is 3. The van der Waals surface area contributed by atoms with Crippen LogP contribution in [0.3, 0.4) is 0 Å². The fraction of sp³-hybridized carbons (Fsp3) is 0.400. The van der Waals surface area contributed by atoms with Gasteiger partial charge in [0.2, 0.25) is 5.91 Å². The number of thioether (sulfide) groups is 1. The fourth-order valence-corrected chi connectivity index (χ4v) is 5.57. The molecule has 1 aliphatic carbocycles. The molecule has 1 aliphatic heterocycles. The van der Waals surface area contributed by atoms with Crippen molar-refractivity contribution in [1.29, 1.82) is 0 Å². The molecule has 35 heavy (non-hydrogen) atoms. The van der Waals surface area contributed by atoms with Crippen molar-refractivity contribution in [3.05, 3.63) is 59.2 Å². The average molecular weight is 505 g/mol. The molecular formula is C25H26F2N2O5S. The third-order valence-electron chi connectivity index (χ3n) is 6.22. The van der Waals surface area contributed by atoms with Gasteiger partial charge in [-0.05, 0) is 43.7 Å². The fourth-order valence-electron chi connectivity index (χ4n) is 4.35. The minimum Gasteiger partial charge on any atom is -0.490 e. The van der Waals surface area contributed by atoms with E-state index in [9.17, 15) is 23.2 Å². The van der Waals surface area contributed by atoms with E-state index in [0.29, 0.717) is 32.1 Å². The summed E-state index contributed by atoms with van der Waals surface area (Å²) in [5.74, 6) is -4.51. The zero-order valence-electron chi connectivity index (χ0n) is 18.9. The van der Waals surface area contributed by atoms with E-state index in [1.54, 1.807) is 0 Å². The zero-order valence-corrected chi connectivity index (χ0v) is 19.7. The Kier molecular flexibility index (Phi) is 7.90. The van der Waals surface area contributed by atoms with Gasteiger partial charge in [0.25, 0.3) is 5.91 Å². The lowest BCUT2D eigenvalue weighted by Crippen LogP contribution is -2.39. The first-order valence-electron chi connectivity index (χ1n) is 11.5. The Bertz CT molecular complexity index is 1070. The number of hydrogen-bond donors (Lipinski definition) is 3. The summed E-state index contributed by atoms with van der Waals surface area (Å²) in [5, 5.41) is 14.0. The molecule has 1 fully saturated rings. The van der Waals surface area contributed by atoms with E-state index < -0.39 is 35.0 Å². The molecule has 3 N–H and O–H groups in total. The normalized spacial score (nSPS) is 21.1. The average Bonchev–Trinajstić information content (AvgIpc) is 3.26. The molecule has 4 rings (SSSR count). The predicted octanol–water partition coefficient (Wildman–Crippen LogP) is 3.55. The lowest BCUT2D eigenvalue weighted by atomic mass is 9.87. The van der Waals surface area contributed by atoms with Gasteiger partial charge in [-0.3, -0.25) is 14.4 Å². The van der Waals surface area contributed by atoms with Crippen molar-refractivity contribution in [2.45, 2.75) is 48.4 Å². The van der Waals surface area contributed by atoms with Gasteiger partial charge < -0.3 is 20.5 Å². The Morgan fingerprint density at radius 1 is 1.00 bits per heavy atom. The summed E-state index contributed by atoms with van der Waals surface area (Å²) in [7, 11) is 0. The number of nitrogens with one attached hydrogen (secondary N) is 2. The third-order valence-corrected chi connectivity index (χ3v) is 7.54. The molecule has 2 aliphatic rings.